The van der Waals surface area contributed by atoms with E-state index < -0.39 is 0 Å². The Morgan fingerprint density at radius 3 is 2.37 bits per heavy atom. The summed E-state index contributed by atoms with van der Waals surface area (Å²) in [5.74, 6) is 1.15. The maximum atomic E-state index is 4.51. The van der Waals surface area contributed by atoms with E-state index in [4.69, 9.17) is 0 Å². The van der Waals surface area contributed by atoms with Gasteiger partial charge in [-0.05, 0) is 51.9 Å². The van der Waals surface area contributed by atoms with Crippen molar-refractivity contribution in [1.29, 1.82) is 0 Å². The zero-order chi connectivity index (χ0) is 12.8. The van der Waals surface area contributed by atoms with Gasteiger partial charge in [0.15, 0.2) is 0 Å². The molecular formula is C16H21N3. The van der Waals surface area contributed by atoms with Gasteiger partial charge >= 0.3 is 0 Å². The molecule has 1 aromatic rings. The van der Waals surface area contributed by atoms with Crippen molar-refractivity contribution in [3.05, 3.63) is 29.2 Å². The number of aryl methyl sites for hydroxylation is 1. The van der Waals surface area contributed by atoms with Crippen molar-refractivity contribution >= 4 is 5.82 Å². The van der Waals surface area contributed by atoms with E-state index in [1.807, 2.05) is 0 Å². The van der Waals surface area contributed by atoms with E-state index in [-0.39, 0.29) is 0 Å². The highest BCUT2D eigenvalue weighted by molar-refractivity contribution is 5.46. The second kappa shape index (κ2) is 4.32. The van der Waals surface area contributed by atoms with Gasteiger partial charge in [0.2, 0.25) is 0 Å². The fraction of sp³-hybridized carbons (Fsp3) is 0.625. The lowest BCUT2D eigenvalue weighted by Crippen LogP contribution is -2.41. The van der Waals surface area contributed by atoms with Crippen molar-refractivity contribution in [3.63, 3.8) is 0 Å². The summed E-state index contributed by atoms with van der Waals surface area (Å²) in [7, 11) is 0. The predicted molar refractivity (Wildman–Crippen MR) is 76.2 cm³/mol. The van der Waals surface area contributed by atoms with Gasteiger partial charge in [-0.3, -0.25) is 0 Å². The summed E-state index contributed by atoms with van der Waals surface area (Å²) in [6, 6.07) is 3.53. The summed E-state index contributed by atoms with van der Waals surface area (Å²) in [6.45, 7) is 2.05. The second-order valence-electron chi connectivity index (χ2n) is 6.28. The van der Waals surface area contributed by atoms with Crippen molar-refractivity contribution < 1.29 is 0 Å². The molecule has 1 aromatic heterocycles. The highest BCUT2D eigenvalue weighted by Crippen LogP contribution is 2.44. The van der Waals surface area contributed by atoms with Crippen LogP contribution in [0, 0.1) is 6.92 Å². The van der Waals surface area contributed by atoms with Crippen LogP contribution >= 0.6 is 0 Å². The molecule has 2 atom stereocenters. The minimum Gasteiger partial charge on any atom is -0.350 e. The third-order valence-electron chi connectivity index (χ3n) is 5.09. The van der Waals surface area contributed by atoms with E-state index in [2.05, 4.69) is 27.9 Å². The Morgan fingerprint density at radius 1 is 1.05 bits per heavy atom. The quantitative estimate of drug-likeness (QED) is 0.720. The van der Waals surface area contributed by atoms with Crippen LogP contribution in [0.2, 0.25) is 0 Å². The summed E-state index contributed by atoms with van der Waals surface area (Å²) in [5, 5.41) is 0. The molecule has 0 aromatic carbocycles. The highest BCUT2D eigenvalue weighted by atomic mass is 15.3. The molecule has 19 heavy (non-hydrogen) atoms. The number of hydrogen-bond acceptors (Lipinski definition) is 3. The number of nitrogens with zero attached hydrogens (tertiary/aromatic N) is 3. The summed E-state index contributed by atoms with van der Waals surface area (Å²) in [6.07, 6.45) is 11.1. The zero-order valence-electron chi connectivity index (χ0n) is 11.6. The first kappa shape index (κ1) is 11.4. The topological polar surface area (TPSA) is 29.0 Å². The van der Waals surface area contributed by atoms with Crippen LogP contribution in [-0.4, -0.2) is 22.1 Å². The van der Waals surface area contributed by atoms with Crippen LogP contribution in [-0.2, 0) is 0 Å². The van der Waals surface area contributed by atoms with Crippen LogP contribution in [0.25, 0.3) is 0 Å². The Bertz CT molecular complexity index is 513. The van der Waals surface area contributed by atoms with E-state index in [0.717, 1.165) is 11.5 Å². The number of anilines is 1. The second-order valence-corrected chi connectivity index (χ2v) is 6.28. The number of aromatic nitrogens is 2. The molecule has 2 bridgehead atoms. The molecular weight excluding hydrogens is 234 g/mol. The van der Waals surface area contributed by atoms with E-state index >= 15 is 0 Å². The Kier molecular flexibility index (Phi) is 2.61. The third-order valence-corrected chi connectivity index (χ3v) is 5.09. The van der Waals surface area contributed by atoms with Crippen molar-refractivity contribution in [1.82, 2.24) is 9.97 Å². The normalized spacial score (nSPS) is 29.6. The van der Waals surface area contributed by atoms with E-state index in [1.165, 1.54) is 44.9 Å². The SMILES string of the molecule is Cc1cc(N2C3CCC2CC(=C2CCC2)C3)ncn1. The average Bonchev–Trinajstić information content (AvgIpc) is 2.59. The number of allylic oxidation sites excluding steroid dienone is 1. The Balaban J connectivity index is 1.63. The van der Waals surface area contributed by atoms with Gasteiger partial charge in [-0.2, -0.15) is 0 Å². The molecule has 0 radical (unpaired) electrons. The van der Waals surface area contributed by atoms with Gasteiger partial charge in [0.25, 0.3) is 0 Å². The Labute approximate surface area is 114 Å². The zero-order valence-corrected chi connectivity index (χ0v) is 11.6. The van der Waals surface area contributed by atoms with Crippen LogP contribution in [0.3, 0.4) is 0 Å². The minimum absolute atomic E-state index is 0.691. The van der Waals surface area contributed by atoms with E-state index in [0.29, 0.717) is 12.1 Å². The van der Waals surface area contributed by atoms with Gasteiger partial charge < -0.3 is 4.90 Å². The standard InChI is InChI=1S/C16H21N3/c1-11-7-16(18-10-17-11)19-14-5-6-15(19)9-13(8-14)12-3-2-4-12/h7,10,14-15H,2-6,8-9H2,1H3. The molecule has 2 aliphatic heterocycles. The summed E-state index contributed by atoms with van der Waals surface area (Å²) < 4.78 is 0. The number of piperidine rings is 1. The molecule has 1 aliphatic carbocycles. The van der Waals surface area contributed by atoms with Gasteiger partial charge in [-0.25, -0.2) is 9.97 Å². The lowest BCUT2D eigenvalue weighted by atomic mass is 9.82. The Morgan fingerprint density at radius 2 is 1.79 bits per heavy atom. The lowest BCUT2D eigenvalue weighted by Gasteiger charge is -2.39. The maximum Gasteiger partial charge on any atom is 0.132 e. The molecule has 2 saturated heterocycles. The lowest BCUT2D eigenvalue weighted by molar-refractivity contribution is 0.518. The van der Waals surface area contributed by atoms with Crippen molar-refractivity contribution in [3.8, 4) is 0 Å². The average molecular weight is 255 g/mol. The summed E-state index contributed by atoms with van der Waals surface area (Å²) >= 11 is 0. The molecule has 3 heteroatoms. The monoisotopic (exact) mass is 255 g/mol. The highest BCUT2D eigenvalue weighted by Gasteiger charge is 2.40. The summed E-state index contributed by atoms with van der Waals surface area (Å²) in [5.41, 5.74) is 4.66. The Hall–Kier alpha value is -1.38. The van der Waals surface area contributed by atoms with Gasteiger partial charge in [-0.15, -0.1) is 0 Å². The number of fused-ring (bicyclic) bond motifs is 2. The van der Waals surface area contributed by atoms with Crippen LogP contribution in [0.15, 0.2) is 23.5 Å². The minimum atomic E-state index is 0.691. The van der Waals surface area contributed by atoms with Crippen LogP contribution in [0.1, 0.15) is 50.6 Å². The first-order valence-electron chi connectivity index (χ1n) is 7.58. The van der Waals surface area contributed by atoms with Crippen molar-refractivity contribution in [2.45, 2.75) is 64.0 Å². The third kappa shape index (κ3) is 1.87. The molecule has 4 rings (SSSR count). The van der Waals surface area contributed by atoms with Gasteiger partial charge in [0.1, 0.15) is 12.1 Å². The first-order valence-corrected chi connectivity index (χ1v) is 7.58. The molecule has 0 spiro atoms. The molecule has 3 nitrogen and oxygen atoms in total. The molecule has 3 heterocycles. The predicted octanol–water partition coefficient (Wildman–Crippen LogP) is 3.40. The molecule has 100 valence electrons. The van der Waals surface area contributed by atoms with Crippen LogP contribution in [0.5, 0.6) is 0 Å². The maximum absolute atomic E-state index is 4.51. The van der Waals surface area contributed by atoms with Crippen LogP contribution in [0.4, 0.5) is 5.82 Å². The number of hydrogen-bond donors (Lipinski definition) is 0. The molecule has 2 unspecified atom stereocenters. The number of rotatable bonds is 1. The molecule has 0 N–H and O–H groups in total. The fourth-order valence-electron chi connectivity index (χ4n) is 3.97. The van der Waals surface area contributed by atoms with Gasteiger partial charge in [0, 0.05) is 23.8 Å². The summed E-state index contributed by atoms with van der Waals surface area (Å²) in [4.78, 5) is 11.3. The smallest absolute Gasteiger partial charge is 0.132 e. The molecule has 1 saturated carbocycles. The molecule has 3 fully saturated rings. The van der Waals surface area contributed by atoms with E-state index in [1.54, 1.807) is 17.5 Å². The van der Waals surface area contributed by atoms with Crippen molar-refractivity contribution in [2.75, 3.05) is 4.90 Å². The van der Waals surface area contributed by atoms with Gasteiger partial charge in [-0.1, -0.05) is 11.1 Å². The fourth-order valence-corrected chi connectivity index (χ4v) is 3.97. The first-order chi connectivity index (χ1) is 9.31. The van der Waals surface area contributed by atoms with E-state index in [9.17, 15) is 0 Å². The molecule has 3 aliphatic rings. The molecule has 0 amide bonds. The van der Waals surface area contributed by atoms with Gasteiger partial charge in [0.05, 0.1) is 0 Å². The largest absolute Gasteiger partial charge is 0.350 e. The van der Waals surface area contributed by atoms with Crippen LogP contribution < -0.4 is 4.90 Å². The van der Waals surface area contributed by atoms with Crippen molar-refractivity contribution in [2.24, 2.45) is 0 Å².